The summed E-state index contributed by atoms with van der Waals surface area (Å²) in [5.41, 5.74) is 0. The molecule has 0 spiro atoms. The van der Waals surface area contributed by atoms with E-state index in [1.165, 1.54) is 20.2 Å². The van der Waals surface area contributed by atoms with Crippen LogP contribution in [-0.2, 0) is 26.6 Å². The Balaban J connectivity index is 2.66. The summed E-state index contributed by atoms with van der Waals surface area (Å²) in [6.45, 7) is 0.190. The van der Waals surface area contributed by atoms with Gasteiger partial charge in [0.2, 0.25) is 15.1 Å². The molecule has 0 aliphatic rings. The van der Waals surface area contributed by atoms with Gasteiger partial charge in [0.15, 0.2) is 0 Å². The van der Waals surface area contributed by atoms with Gasteiger partial charge in [-0.05, 0) is 19.2 Å². The SMILES string of the molecule is CNCc1ccc(S(=O)(=O)NCCS(=O)(=O)N(C)C)o1. The normalized spacial score (nSPS) is 13.0. The van der Waals surface area contributed by atoms with Gasteiger partial charge in [-0.15, -0.1) is 0 Å². The van der Waals surface area contributed by atoms with Crippen LogP contribution in [-0.4, -0.2) is 54.6 Å². The lowest BCUT2D eigenvalue weighted by Gasteiger charge is -2.11. The Morgan fingerprint density at radius 3 is 2.40 bits per heavy atom. The lowest BCUT2D eigenvalue weighted by molar-refractivity contribution is 0.405. The second kappa shape index (κ2) is 6.68. The van der Waals surface area contributed by atoms with Crippen molar-refractivity contribution in [2.45, 2.75) is 11.6 Å². The first-order chi connectivity index (χ1) is 9.19. The molecule has 1 heterocycles. The van der Waals surface area contributed by atoms with E-state index in [1.807, 2.05) is 0 Å². The molecule has 0 saturated carbocycles. The first kappa shape index (κ1) is 17.1. The second-order valence-electron chi connectivity index (χ2n) is 4.25. The lowest BCUT2D eigenvalue weighted by atomic mass is 10.4. The fourth-order valence-corrected chi connectivity index (χ4v) is 3.16. The molecule has 0 unspecified atom stereocenters. The third kappa shape index (κ3) is 4.56. The van der Waals surface area contributed by atoms with Gasteiger partial charge in [0, 0.05) is 20.6 Å². The highest BCUT2D eigenvalue weighted by Gasteiger charge is 2.20. The number of nitrogens with zero attached hydrogens (tertiary/aromatic N) is 1. The number of furan rings is 1. The van der Waals surface area contributed by atoms with Crippen molar-refractivity contribution in [2.75, 3.05) is 33.4 Å². The number of hydrogen-bond acceptors (Lipinski definition) is 6. The molecular weight excluding hydrogens is 306 g/mol. The van der Waals surface area contributed by atoms with Gasteiger partial charge in [0.1, 0.15) is 5.76 Å². The van der Waals surface area contributed by atoms with Gasteiger partial charge < -0.3 is 9.73 Å². The first-order valence-corrected chi connectivity index (χ1v) is 8.91. The summed E-state index contributed by atoms with van der Waals surface area (Å²) in [5.74, 6) is 0.164. The molecule has 20 heavy (non-hydrogen) atoms. The molecule has 0 fully saturated rings. The number of hydrogen-bond donors (Lipinski definition) is 2. The minimum atomic E-state index is -3.83. The summed E-state index contributed by atoms with van der Waals surface area (Å²) in [7, 11) is -2.79. The van der Waals surface area contributed by atoms with E-state index in [0.29, 0.717) is 12.3 Å². The minimum Gasteiger partial charge on any atom is -0.447 e. The van der Waals surface area contributed by atoms with Crippen molar-refractivity contribution >= 4 is 20.0 Å². The average molecular weight is 325 g/mol. The van der Waals surface area contributed by atoms with Gasteiger partial charge in [-0.3, -0.25) is 0 Å². The van der Waals surface area contributed by atoms with Gasteiger partial charge in [0.05, 0.1) is 12.3 Å². The predicted octanol–water partition coefficient (Wildman–Crippen LogP) is -0.831. The molecule has 0 bridgehead atoms. The maximum atomic E-state index is 11.9. The third-order valence-electron chi connectivity index (χ3n) is 2.46. The molecule has 1 aromatic heterocycles. The number of sulfonamides is 2. The van der Waals surface area contributed by atoms with Crippen molar-refractivity contribution in [3.8, 4) is 0 Å². The Morgan fingerprint density at radius 1 is 1.20 bits per heavy atom. The molecule has 2 N–H and O–H groups in total. The van der Waals surface area contributed by atoms with Crippen molar-refractivity contribution < 1.29 is 21.3 Å². The van der Waals surface area contributed by atoms with E-state index in [-0.39, 0.29) is 17.4 Å². The van der Waals surface area contributed by atoms with E-state index < -0.39 is 20.0 Å². The van der Waals surface area contributed by atoms with Crippen molar-refractivity contribution in [2.24, 2.45) is 0 Å². The Kier molecular flexibility index (Phi) is 5.71. The second-order valence-corrected chi connectivity index (χ2v) is 8.25. The van der Waals surface area contributed by atoms with Crippen LogP contribution in [0, 0.1) is 0 Å². The summed E-state index contributed by atoms with van der Waals surface area (Å²) in [6, 6.07) is 2.87. The minimum absolute atomic E-state index is 0.217. The Hall–Kier alpha value is -0.940. The van der Waals surface area contributed by atoms with Crippen molar-refractivity contribution in [3.05, 3.63) is 17.9 Å². The Bertz CT molecular complexity index is 634. The van der Waals surface area contributed by atoms with E-state index in [0.717, 1.165) is 4.31 Å². The molecule has 10 heteroatoms. The smallest absolute Gasteiger partial charge is 0.273 e. The van der Waals surface area contributed by atoms with Crippen LogP contribution in [0.4, 0.5) is 0 Å². The third-order valence-corrected chi connectivity index (χ3v) is 5.63. The zero-order chi connectivity index (χ0) is 15.4. The molecule has 116 valence electrons. The predicted molar refractivity (Wildman–Crippen MR) is 74.1 cm³/mol. The number of rotatable bonds is 8. The van der Waals surface area contributed by atoms with Crippen LogP contribution in [0.25, 0.3) is 0 Å². The van der Waals surface area contributed by atoms with E-state index >= 15 is 0 Å². The largest absolute Gasteiger partial charge is 0.447 e. The summed E-state index contributed by atoms with van der Waals surface area (Å²) in [6.07, 6.45) is 0. The van der Waals surface area contributed by atoms with Gasteiger partial charge in [-0.25, -0.2) is 25.9 Å². The molecule has 0 radical (unpaired) electrons. The van der Waals surface area contributed by atoms with Crippen molar-refractivity contribution in [1.82, 2.24) is 14.3 Å². The first-order valence-electron chi connectivity index (χ1n) is 5.82. The van der Waals surface area contributed by atoms with Crippen molar-refractivity contribution in [3.63, 3.8) is 0 Å². The zero-order valence-corrected chi connectivity index (χ0v) is 13.2. The highest BCUT2D eigenvalue weighted by molar-refractivity contribution is 7.90. The van der Waals surface area contributed by atoms with Crippen LogP contribution in [0.3, 0.4) is 0 Å². The fourth-order valence-electron chi connectivity index (χ4n) is 1.33. The fraction of sp³-hybridized carbons (Fsp3) is 0.600. The molecule has 1 aromatic rings. The Labute approximate surface area is 119 Å². The van der Waals surface area contributed by atoms with Crippen LogP contribution in [0.5, 0.6) is 0 Å². The van der Waals surface area contributed by atoms with Crippen LogP contribution in [0.2, 0.25) is 0 Å². The van der Waals surface area contributed by atoms with Crippen LogP contribution in [0.15, 0.2) is 21.6 Å². The van der Waals surface area contributed by atoms with E-state index in [9.17, 15) is 16.8 Å². The average Bonchev–Trinajstić information content (AvgIpc) is 2.78. The molecule has 0 atom stereocenters. The van der Waals surface area contributed by atoms with E-state index in [1.54, 1.807) is 13.1 Å². The summed E-state index contributed by atoms with van der Waals surface area (Å²) in [5, 5.41) is 2.60. The van der Waals surface area contributed by atoms with Crippen LogP contribution in [0.1, 0.15) is 5.76 Å². The van der Waals surface area contributed by atoms with Gasteiger partial charge in [-0.1, -0.05) is 0 Å². The molecule has 0 aliphatic carbocycles. The van der Waals surface area contributed by atoms with Gasteiger partial charge >= 0.3 is 0 Å². The van der Waals surface area contributed by atoms with Gasteiger partial charge in [0.25, 0.3) is 10.0 Å². The number of nitrogens with one attached hydrogen (secondary N) is 2. The maximum Gasteiger partial charge on any atom is 0.273 e. The standard InChI is InChI=1S/C10H19N3O5S2/c1-11-8-9-4-5-10(18-9)20(16,17)12-6-7-19(14,15)13(2)3/h4-5,11-12H,6-8H2,1-3H3. The lowest BCUT2D eigenvalue weighted by Crippen LogP contribution is -2.33. The highest BCUT2D eigenvalue weighted by atomic mass is 32.2. The molecule has 0 aliphatic heterocycles. The maximum absolute atomic E-state index is 11.9. The molecule has 0 saturated heterocycles. The summed E-state index contributed by atoms with van der Waals surface area (Å²) >= 11 is 0. The monoisotopic (exact) mass is 325 g/mol. The van der Waals surface area contributed by atoms with E-state index in [2.05, 4.69) is 10.0 Å². The van der Waals surface area contributed by atoms with Crippen molar-refractivity contribution in [1.29, 1.82) is 0 Å². The molecule has 0 aromatic carbocycles. The summed E-state index contributed by atoms with van der Waals surface area (Å²) in [4.78, 5) is 0. The van der Waals surface area contributed by atoms with Gasteiger partial charge in [-0.2, -0.15) is 0 Å². The van der Waals surface area contributed by atoms with Crippen LogP contribution < -0.4 is 10.0 Å². The quantitative estimate of drug-likeness (QED) is 0.646. The summed E-state index contributed by atoms with van der Waals surface area (Å²) < 4.78 is 55.1. The van der Waals surface area contributed by atoms with Crippen LogP contribution >= 0.6 is 0 Å². The zero-order valence-electron chi connectivity index (χ0n) is 11.6. The molecule has 1 rings (SSSR count). The molecule has 0 amide bonds. The molecular formula is C10H19N3O5S2. The highest BCUT2D eigenvalue weighted by Crippen LogP contribution is 2.13. The van der Waals surface area contributed by atoms with E-state index in [4.69, 9.17) is 4.42 Å². The topological polar surface area (TPSA) is 109 Å². The Morgan fingerprint density at radius 2 is 1.85 bits per heavy atom. The molecule has 8 nitrogen and oxygen atoms in total.